The Bertz CT molecular complexity index is 374. The monoisotopic (exact) mass is 267 g/mol. The summed E-state index contributed by atoms with van der Waals surface area (Å²) in [6.45, 7) is 4.79. The lowest BCUT2D eigenvalue weighted by molar-refractivity contribution is -0.0997. The number of hydrogen-bond donors (Lipinski definition) is 2. The van der Waals surface area contributed by atoms with Crippen LogP contribution in [0.4, 0.5) is 0 Å². The van der Waals surface area contributed by atoms with Crippen molar-refractivity contribution in [2.75, 3.05) is 6.54 Å². The van der Waals surface area contributed by atoms with E-state index in [4.69, 9.17) is 5.73 Å². The van der Waals surface area contributed by atoms with Gasteiger partial charge in [0.2, 0.25) is 0 Å². The third-order valence-electron chi connectivity index (χ3n) is 4.95. The molecule has 0 saturated heterocycles. The molecule has 1 aromatic rings. The second-order valence-electron chi connectivity index (χ2n) is 5.90. The van der Waals surface area contributed by atoms with E-state index in [0.717, 1.165) is 17.7 Å². The van der Waals surface area contributed by atoms with E-state index in [1.54, 1.807) is 11.3 Å². The van der Waals surface area contributed by atoms with Crippen LogP contribution < -0.4 is 5.73 Å². The van der Waals surface area contributed by atoms with Gasteiger partial charge < -0.3 is 10.8 Å². The van der Waals surface area contributed by atoms with Crippen LogP contribution in [0.5, 0.6) is 0 Å². The van der Waals surface area contributed by atoms with Gasteiger partial charge in [-0.05, 0) is 37.1 Å². The first-order valence-corrected chi connectivity index (χ1v) is 7.90. The number of thiophene rings is 1. The smallest absolute Gasteiger partial charge is 0.103 e. The van der Waals surface area contributed by atoms with Gasteiger partial charge in [0.05, 0.1) is 0 Å². The van der Waals surface area contributed by atoms with E-state index in [0.29, 0.717) is 12.5 Å². The van der Waals surface area contributed by atoms with Crippen LogP contribution in [0.2, 0.25) is 0 Å². The summed E-state index contributed by atoms with van der Waals surface area (Å²) in [4.78, 5) is 1.06. The third-order valence-corrected chi connectivity index (χ3v) is 6.03. The van der Waals surface area contributed by atoms with Crippen molar-refractivity contribution in [3.63, 3.8) is 0 Å². The lowest BCUT2D eigenvalue weighted by atomic mass is 9.60. The molecule has 1 aromatic heterocycles. The molecule has 102 valence electrons. The van der Waals surface area contributed by atoms with E-state index < -0.39 is 5.60 Å². The Labute approximate surface area is 114 Å². The van der Waals surface area contributed by atoms with E-state index in [1.165, 1.54) is 19.3 Å². The minimum atomic E-state index is -0.788. The van der Waals surface area contributed by atoms with Crippen LogP contribution in [0.3, 0.4) is 0 Å². The Morgan fingerprint density at radius 1 is 1.61 bits per heavy atom. The van der Waals surface area contributed by atoms with Gasteiger partial charge in [0.25, 0.3) is 0 Å². The van der Waals surface area contributed by atoms with Gasteiger partial charge in [-0.2, -0.15) is 0 Å². The molecule has 2 rings (SSSR count). The zero-order valence-electron chi connectivity index (χ0n) is 11.5. The molecule has 0 radical (unpaired) electrons. The summed E-state index contributed by atoms with van der Waals surface area (Å²) in [5, 5.41) is 13.1. The summed E-state index contributed by atoms with van der Waals surface area (Å²) in [6.07, 6.45) is 5.79. The Morgan fingerprint density at radius 3 is 2.94 bits per heavy atom. The molecule has 0 aromatic carbocycles. The number of aliphatic hydroxyl groups is 1. The van der Waals surface area contributed by atoms with E-state index in [2.05, 4.69) is 6.92 Å². The predicted molar refractivity (Wildman–Crippen MR) is 77.6 cm³/mol. The molecule has 0 amide bonds. The standard InChI is InChI=1S/C15H25NOS/c1-3-12-6-4-8-15(10-12,11-16)14(2,17)13-7-5-9-18-13/h5,7,9,12,17H,3-4,6,8,10-11,16H2,1-2H3. The number of hydrogen-bond acceptors (Lipinski definition) is 3. The third kappa shape index (κ3) is 2.24. The van der Waals surface area contributed by atoms with Crippen LogP contribution in [-0.2, 0) is 5.60 Å². The number of rotatable bonds is 4. The normalized spacial score (nSPS) is 32.1. The van der Waals surface area contributed by atoms with E-state index >= 15 is 0 Å². The Hall–Kier alpha value is -0.380. The highest BCUT2D eigenvalue weighted by Crippen LogP contribution is 2.52. The van der Waals surface area contributed by atoms with Crippen molar-refractivity contribution in [3.8, 4) is 0 Å². The van der Waals surface area contributed by atoms with E-state index in [-0.39, 0.29) is 5.41 Å². The van der Waals surface area contributed by atoms with Crippen LogP contribution in [-0.4, -0.2) is 11.7 Å². The van der Waals surface area contributed by atoms with Crippen LogP contribution in [0, 0.1) is 11.3 Å². The van der Waals surface area contributed by atoms with Crippen LogP contribution in [0.1, 0.15) is 50.8 Å². The fourth-order valence-electron chi connectivity index (χ4n) is 3.48. The minimum absolute atomic E-state index is 0.142. The Morgan fingerprint density at radius 2 is 2.39 bits per heavy atom. The maximum absolute atomic E-state index is 11.1. The lowest BCUT2D eigenvalue weighted by Crippen LogP contribution is -2.50. The van der Waals surface area contributed by atoms with Crippen molar-refractivity contribution in [2.24, 2.45) is 17.1 Å². The molecule has 2 nitrogen and oxygen atoms in total. The largest absolute Gasteiger partial charge is 0.384 e. The molecule has 0 spiro atoms. The molecular weight excluding hydrogens is 242 g/mol. The van der Waals surface area contributed by atoms with Crippen LogP contribution in [0.15, 0.2) is 17.5 Å². The molecule has 1 heterocycles. The maximum Gasteiger partial charge on any atom is 0.103 e. The second-order valence-corrected chi connectivity index (χ2v) is 6.85. The Kier molecular flexibility index (Phi) is 4.15. The summed E-state index contributed by atoms with van der Waals surface area (Å²) >= 11 is 1.64. The topological polar surface area (TPSA) is 46.2 Å². The van der Waals surface area contributed by atoms with Crippen molar-refractivity contribution in [3.05, 3.63) is 22.4 Å². The van der Waals surface area contributed by atoms with E-state index in [9.17, 15) is 5.11 Å². The first-order valence-electron chi connectivity index (χ1n) is 7.02. The zero-order chi connectivity index (χ0) is 13.2. The second kappa shape index (κ2) is 5.32. The highest BCUT2D eigenvalue weighted by molar-refractivity contribution is 7.10. The first-order chi connectivity index (χ1) is 8.55. The van der Waals surface area contributed by atoms with Crippen molar-refractivity contribution < 1.29 is 5.11 Å². The quantitative estimate of drug-likeness (QED) is 0.877. The molecule has 3 atom stereocenters. The van der Waals surface area contributed by atoms with Gasteiger partial charge in [-0.15, -0.1) is 11.3 Å². The molecule has 18 heavy (non-hydrogen) atoms. The molecule has 1 aliphatic rings. The molecular formula is C15H25NOS. The van der Waals surface area contributed by atoms with Gasteiger partial charge in [0.1, 0.15) is 5.60 Å². The van der Waals surface area contributed by atoms with Crippen LogP contribution in [0.25, 0.3) is 0 Å². The minimum Gasteiger partial charge on any atom is -0.384 e. The van der Waals surface area contributed by atoms with Gasteiger partial charge in [-0.1, -0.05) is 32.3 Å². The van der Waals surface area contributed by atoms with Crippen molar-refractivity contribution in [2.45, 2.75) is 51.6 Å². The summed E-state index contributed by atoms with van der Waals surface area (Å²) < 4.78 is 0. The summed E-state index contributed by atoms with van der Waals surface area (Å²) in [7, 11) is 0. The lowest BCUT2D eigenvalue weighted by Gasteiger charge is -2.49. The molecule has 0 aliphatic heterocycles. The highest BCUT2D eigenvalue weighted by Gasteiger charge is 2.49. The SMILES string of the molecule is CCC1CCCC(CN)(C(C)(O)c2cccs2)C1. The van der Waals surface area contributed by atoms with Crippen LogP contribution >= 0.6 is 11.3 Å². The maximum atomic E-state index is 11.1. The first kappa shape index (κ1) is 14.0. The summed E-state index contributed by atoms with van der Waals surface area (Å²) in [5.74, 6) is 0.716. The van der Waals surface area contributed by atoms with Gasteiger partial charge in [0.15, 0.2) is 0 Å². The molecule has 3 heteroatoms. The zero-order valence-corrected chi connectivity index (χ0v) is 12.3. The molecule has 1 aliphatic carbocycles. The average molecular weight is 267 g/mol. The van der Waals surface area contributed by atoms with Gasteiger partial charge in [0, 0.05) is 16.8 Å². The van der Waals surface area contributed by atoms with Gasteiger partial charge in [-0.3, -0.25) is 0 Å². The fraction of sp³-hybridized carbons (Fsp3) is 0.733. The van der Waals surface area contributed by atoms with E-state index in [1.807, 2.05) is 24.4 Å². The average Bonchev–Trinajstić information content (AvgIpc) is 2.93. The highest BCUT2D eigenvalue weighted by atomic mass is 32.1. The molecule has 0 bridgehead atoms. The van der Waals surface area contributed by atoms with Crippen molar-refractivity contribution in [1.29, 1.82) is 0 Å². The number of nitrogens with two attached hydrogens (primary N) is 1. The summed E-state index contributed by atoms with van der Waals surface area (Å²) in [5.41, 5.74) is 5.16. The summed E-state index contributed by atoms with van der Waals surface area (Å²) in [6, 6.07) is 4.05. The van der Waals surface area contributed by atoms with Gasteiger partial charge >= 0.3 is 0 Å². The fourth-order valence-corrected chi connectivity index (χ4v) is 4.38. The predicted octanol–water partition coefficient (Wildman–Crippen LogP) is 3.50. The van der Waals surface area contributed by atoms with Crippen molar-refractivity contribution >= 4 is 11.3 Å². The molecule has 1 saturated carbocycles. The molecule has 3 unspecified atom stereocenters. The molecule has 3 N–H and O–H groups in total. The van der Waals surface area contributed by atoms with Crippen molar-refractivity contribution in [1.82, 2.24) is 0 Å². The molecule has 1 fully saturated rings. The Balaban J connectivity index is 2.31. The van der Waals surface area contributed by atoms with Gasteiger partial charge in [-0.25, -0.2) is 0 Å².